The molecule has 0 atom stereocenters. The first kappa shape index (κ1) is 12.5. The van der Waals surface area contributed by atoms with Gasteiger partial charge in [-0.05, 0) is 31.9 Å². The van der Waals surface area contributed by atoms with E-state index in [-0.39, 0.29) is 11.1 Å². The average Bonchev–Trinajstić information content (AvgIpc) is 2.24. The Hall–Kier alpha value is -1.58. The van der Waals surface area contributed by atoms with Crippen LogP contribution in [0.1, 0.15) is 34.8 Å². The Labute approximate surface area is 94.4 Å². The van der Waals surface area contributed by atoms with Crippen LogP contribution >= 0.6 is 0 Å². The summed E-state index contributed by atoms with van der Waals surface area (Å²) in [4.78, 5) is 11.7. The van der Waals surface area contributed by atoms with Crippen LogP contribution < -0.4 is 5.73 Å². The van der Waals surface area contributed by atoms with Gasteiger partial charge in [-0.3, -0.25) is 0 Å². The molecular formula is C12H16FNO2. The molecule has 1 aromatic carbocycles. The van der Waals surface area contributed by atoms with Crippen LogP contribution in [-0.4, -0.2) is 12.6 Å². The molecule has 1 aromatic rings. The summed E-state index contributed by atoms with van der Waals surface area (Å²) in [6, 6.07) is 1.32. The quantitative estimate of drug-likeness (QED) is 0.635. The lowest BCUT2D eigenvalue weighted by atomic mass is 10.0. The number of rotatable bonds is 3. The highest BCUT2D eigenvalue weighted by atomic mass is 19.1. The monoisotopic (exact) mass is 225 g/mol. The van der Waals surface area contributed by atoms with Crippen LogP contribution in [-0.2, 0) is 4.74 Å². The molecule has 4 heteroatoms. The van der Waals surface area contributed by atoms with Gasteiger partial charge in [0.05, 0.1) is 12.2 Å². The van der Waals surface area contributed by atoms with Gasteiger partial charge in [0.25, 0.3) is 0 Å². The minimum Gasteiger partial charge on any atom is -0.462 e. The fraction of sp³-hybridized carbons (Fsp3) is 0.417. The molecule has 0 aliphatic carbocycles. The predicted octanol–water partition coefficient (Wildman–Crippen LogP) is 2.59. The van der Waals surface area contributed by atoms with E-state index in [4.69, 9.17) is 10.5 Å². The third-order valence-electron chi connectivity index (χ3n) is 2.41. The van der Waals surface area contributed by atoms with E-state index < -0.39 is 11.8 Å². The molecule has 1 rings (SSSR count). The van der Waals surface area contributed by atoms with Crippen molar-refractivity contribution in [1.82, 2.24) is 0 Å². The van der Waals surface area contributed by atoms with Gasteiger partial charge < -0.3 is 10.5 Å². The number of nitrogen functional groups attached to an aromatic ring is 1. The first-order chi connectivity index (χ1) is 7.49. The highest BCUT2D eigenvalue weighted by Gasteiger charge is 2.18. The molecule has 0 unspecified atom stereocenters. The largest absolute Gasteiger partial charge is 0.462 e. The number of ether oxygens (including phenoxy) is 1. The molecule has 0 spiro atoms. The van der Waals surface area contributed by atoms with Crippen molar-refractivity contribution in [3.63, 3.8) is 0 Å². The number of nitrogens with two attached hydrogens (primary N) is 1. The third-order valence-corrected chi connectivity index (χ3v) is 2.41. The van der Waals surface area contributed by atoms with Crippen molar-refractivity contribution in [3.8, 4) is 0 Å². The summed E-state index contributed by atoms with van der Waals surface area (Å²) < 4.78 is 18.4. The van der Waals surface area contributed by atoms with Crippen LogP contribution in [0.25, 0.3) is 0 Å². The van der Waals surface area contributed by atoms with E-state index in [9.17, 15) is 9.18 Å². The minimum absolute atomic E-state index is 0.144. The number of anilines is 1. The lowest BCUT2D eigenvalue weighted by Crippen LogP contribution is -2.13. The van der Waals surface area contributed by atoms with E-state index in [2.05, 4.69) is 0 Å². The minimum atomic E-state index is -0.556. The molecule has 0 aliphatic rings. The fourth-order valence-corrected chi connectivity index (χ4v) is 1.42. The number of carbonyl (C=O) groups is 1. The van der Waals surface area contributed by atoms with Gasteiger partial charge in [0.15, 0.2) is 0 Å². The molecule has 2 N–H and O–H groups in total. The topological polar surface area (TPSA) is 52.3 Å². The zero-order chi connectivity index (χ0) is 12.3. The second-order valence-corrected chi connectivity index (χ2v) is 3.72. The molecule has 0 heterocycles. The van der Waals surface area contributed by atoms with Crippen molar-refractivity contribution >= 4 is 11.7 Å². The third kappa shape index (κ3) is 2.32. The molecule has 0 amide bonds. The Morgan fingerprint density at radius 3 is 2.69 bits per heavy atom. The van der Waals surface area contributed by atoms with Crippen molar-refractivity contribution in [2.24, 2.45) is 0 Å². The maximum atomic E-state index is 13.4. The van der Waals surface area contributed by atoms with Gasteiger partial charge >= 0.3 is 5.97 Å². The van der Waals surface area contributed by atoms with Crippen LogP contribution in [0.15, 0.2) is 6.07 Å². The Kier molecular flexibility index (Phi) is 3.88. The zero-order valence-electron chi connectivity index (χ0n) is 9.76. The van der Waals surface area contributed by atoms with Crippen LogP contribution in [0, 0.1) is 19.7 Å². The first-order valence-electron chi connectivity index (χ1n) is 5.21. The normalized spacial score (nSPS) is 10.2. The van der Waals surface area contributed by atoms with E-state index >= 15 is 0 Å². The summed E-state index contributed by atoms with van der Waals surface area (Å²) in [6.07, 6.45) is 0.721. The van der Waals surface area contributed by atoms with Crippen molar-refractivity contribution in [3.05, 3.63) is 28.6 Å². The number of hydrogen-bond donors (Lipinski definition) is 1. The van der Waals surface area contributed by atoms with Crippen molar-refractivity contribution in [2.45, 2.75) is 27.2 Å². The lowest BCUT2D eigenvalue weighted by molar-refractivity contribution is 0.0505. The summed E-state index contributed by atoms with van der Waals surface area (Å²) in [5.41, 5.74) is 6.98. The Balaban J connectivity index is 3.16. The van der Waals surface area contributed by atoms with Crippen molar-refractivity contribution < 1.29 is 13.9 Å². The number of halogens is 1. The van der Waals surface area contributed by atoms with E-state index in [1.54, 1.807) is 6.92 Å². The molecule has 16 heavy (non-hydrogen) atoms. The highest BCUT2D eigenvalue weighted by Crippen LogP contribution is 2.24. The van der Waals surface area contributed by atoms with Gasteiger partial charge in [0.1, 0.15) is 5.82 Å². The fourth-order valence-electron chi connectivity index (χ4n) is 1.42. The Morgan fingerprint density at radius 2 is 2.12 bits per heavy atom. The number of esters is 1. The van der Waals surface area contributed by atoms with Gasteiger partial charge in [-0.25, -0.2) is 9.18 Å². The Morgan fingerprint density at radius 1 is 1.50 bits per heavy atom. The number of benzene rings is 1. The van der Waals surface area contributed by atoms with E-state index in [0.29, 0.717) is 17.9 Å². The maximum absolute atomic E-state index is 13.4. The zero-order valence-corrected chi connectivity index (χ0v) is 9.76. The van der Waals surface area contributed by atoms with Gasteiger partial charge in [-0.1, -0.05) is 6.92 Å². The second-order valence-electron chi connectivity index (χ2n) is 3.72. The molecule has 0 aromatic heterocycles. The van der Waals surface area contributed by atoms with Gasteiger partial charge in [0, 0.05) is 11.3 Å². The first-order valence-corrected chi connectivity index (χ1v) is 5.21. The molecule has 0 saturated heterocycles. The summed E-state index contributed by atoms with van der Waals surface area (Å²) in [5.74, 6) is -0.991. The number of carbonyl (C=O) groups excluding carboxylic acids is 1. The van der Waals surface area contributed by atoms with E-state index in [0.717, 1.165) is 6.42 Å². The molecule has 3 nitrogen and oxygen atoms in total. The smallest absolute Gasteiger partial charge is 0.340 e. The molecule has 0 aliphatic heterocycles. The summed E-state index contributed by atoms with van der Waals surface area (Å²) >= 11 is 0. The molecule has 88 valence electrons. The highest BCUT2D eigenvalue weighted by molar-refractivity contribution is 5.97. The van der Waals surface area contributed by atoms with Crippen molar-refractivity contribution in [1.29, 1.82) is 0 Å². The standard InChI is InChI=1S/C12H16FNO2/c1-4-5-16-12(15)10-8(3)9(13)6-7(2)11(10)14/h6H,4-5,14H2,1-3H3. The van der Waals surface area contributed by atoms with Crippen molar-refractivity contribution in [2.75, 3.05) is 12.3 Å². The number of hydrogen-bond acceptors (Lipinski definition) is 3. The van der Waals surface area contributed by atoms with Crippen LogP contribution in [0.3, 0.4) is 0 Å². The molecule has 0 bridgehead atoms. The Bertz CT molecular complexity index is 390. The van der Waals surface area contributed by atoms with Crippen LogP contribution in [0.2, 0.25) is 0 Å². The van der Waals surface area contributed by atoms with E-state index in [1.807, 2.05) is 6.92 Å². The van der Waals surface area contributed by atoms with Gasteiger partial charge in [-0.15, -0.1) is 0 Å². The maximum Gasteiger partial charge on any atom is 0.340 e. The van der Waals surface area contributed by atoms with Gasteiger partial charge in [-0.2, -0.15) is 0 Å². The SMILES string of the molecule is CCCOC(=O)c1c(C)c(F)cc(C)c1N. The number of aryl methyl sites for hydroxylation is 1. The summed E-state index contributed by atoms with van der Waals surface area (Å²) in [7, 11) is 0. The van der Waals surface area contributed by atoms with Gasteiger partial charge in [0.2, 0.25) is 0 Å². The average molecular weight is 225 g/mol. The van der Waals surface area contributed by atoms with E-state index in [1.165, 1.54) is 13.0 Å². The molecular weight excluding hydrogens is 209 g/mol. The molecule has 0 fully saturated rings. The predicted molar refractivity (Wildman–Crippen MR) is 60.9 cm³/mol. The molecule has 0 radical (unpaired) electrons. The van der Waals surface area contributed by atoms with Crippen LogP contribution in [0.5, 0.6) is 0 Å². The second kappa shape index (κ2) is 4.96. The summed E-state index contributed by atoms with van der Waals surface area (Å²) in [5, 5.41) is 0. The molecule has 0 saturated carbocycles. The summed E-state index contributed by atoms with van der Waals surface area (Å²) in [6.45, 7) is 5.38. The van der Waals surface area contributed by atoms with Crippen LogP contribution in [0.4, 0.5) is 10.1 Å². The lowest BCUT2D eigenvalue weighted by Gasteiger charge is -2.12.